The third-order valence-electron chi connectivity index (χ3n) is 4.40. The number of aliphatic carboxylic acids is 1. The highest BCUT2D eigenvalue weighted by Gasteiger charge is 2.26. The van der Waals surface area contributed by atoms with Crippen LogP contribution in [0.25, 0.3) is 10.6 Å². The molecule has 132 valence electrons. The maximum atomic E-state index is 12.7. The quantitative estimate of drug-likeness (QED) is 0.847. The number of piperidine rings is 1. The summed E-state index contributed by atoms with van der Waals surface area (Å²) in [7, 11) is 0. The molecule has 0 unspecified atom stereocenters. The first kappa shape index (κ1) is 17.9. The standard InChI is InChI=1S/C18H19ClN2O3S/c19-14-6-2-1-5-13(14)17-20-15(11-25-17)18(24)21-9-3-4-12(10-21)7-8-16(22)23/h1-2,5-6,11-12H,3-4,7-10H2,(H,22,23)/t12-/m0/s1. The summed E-state index contributed by atoms with van der Waals surface area (Å²) in [5.74, 6) is -0.627. The normalized spacial score (nSPS) is 17.5. The van der Waals surface area contributed by atoms with Gasteiger partial charge in [-0.3, -0.25) is 9.59 Å². The van der Waals surface area contributed by atoms with Crippen LogP contribution in [0.1, 0.15) is 36.2 Å². The molecule has 1 atom stereocenters. The Morgan fingerprint density at radius 2 is 2.16 bits per heavy atom. The van der Waals surface area contributed by atoms with E-state index >= 15 is 0 Å². The summed E-state index contributed by atoms with van der Waals surface area (Å²) in [6.07, 6.45) is 2.64. The zero-order valence-electron chi connectivity index (χ0n) is 13.7. The van der Waals surface area contributed by atoms with E-state index in [0.717, 1.165) is 23.4 Å². The number of carbonyl (C=O) groups is 2. The number of nitrogens with zero attached hydrogens (tertiary/aromatic N) is 2. The number of carbonyl (C=O) groups excluding carboxylic acids is 1. The highest BCUT2D eigenvalue weighted by atomic mass is 35.5. The van der Waals surface area contributed by atoms with Crippen LogP contribution in [0.2, 0.25) is 5.02 Å². The van der Waals surface area contributed by atoms with Gasteiger partial charge in [-0.15, -0.1) is 11.3 Å². The molecule has 1 N–H and O–H groups in total. The monoisotopic (exact) mass is 378 g/mol. The lowest BCUT2D eigenvalue weighted by atomic mass is 9.93. The van der Waals surface area contributed by atoms with Crippen LogP contribution in [0.5, 0.6) is 0 Å². The molecule has 1 aromatic carbocycles. The summed E-state index contributed by atoms with van der Waals surface area (Å²) < 4.78 is 0. The van der Waals surface area contributed by atoms with Gasteiger partial charge in [-0.25, -0.2) is 4.98 Å². The van der Waals surface area contributed by atoms with Gasteiger partial charge >= 0.3 is 5.97 Å². The Balaban J connectivity index is 1.69. The van der Waals surface area contributed by atoms with Crippen molar-refractivity contribution in [2.24, 2.45) is 5.92 Å². The number of thiazole rings is 1. The van der Waals surface area contributed by atoms with E-state index in [4.69, 9.17) is 16.7 Å². The van der Waals surface area contributed by atoms with Crippen LogP contribution in [-0.2, 0) is 4.79 Å². The number of aromatic nitrogens is 1. The van der Waals surface area contributed by atoms with Crippen molar-refractivity contribution >= 4 is 34.8 Å². The van der Waals surface area contributed by atoms with Gasteiger partial charge in [0, 0.05) is 30.5 Å². The van der Waals surface area contributed by atoms with Gasteiger partial charge in [0.2, 0.25) is 0 Å². The molecule has 0 spiro atoms. The molecule has 1 aliphatic heterocycles. The Morgan fingerprint density at radius 1 is 1.36 bits per heavy atom. The van der Waals surface area contributed by atoms with Crippen molar-refractivity contribution in [3.63, 3.8) is 0 Å². The first-order chi connectivity index (χ1) is 12.0. The molecule has 1 saturated heterocycles. The highest BCUT2D eigenvalue weighted by molar-refractivity contribution is 7.13. The van der Waals surface area contributed by atoms with Crippen LogP contribution in [0.15, 0.2) is 29.6 Å². The summed E-state index contributed by atoms with van der Waals surface area (Å²) in [5, 5.41) is 11.9. The number of amides is 1. The molecule has 0 aliphatic carbocycles. The number of carboxylic acids is 1. The number of hydrogen-bond acceptors (Lipinski definition) is 4. The number of hydrogen-bond donors (Lipinski definition) is 1. The van der Waals surface area contributed by atoms with E-state index < -0.39 is 5.97 Å². The number of benzene rings is 1. The van der Waals surface area contributed by atoms with Gasteiger partial charge in [0.1, 0.15) is 10.7 Å². The number of halogens is 1. The van der Waals surface area contributed by atoms with Crippen LogP contribution in [0.3, 0.4) is 0 Å². The minimum Gasteiger partial charge on any atom is -0.481 e. The third kappa shape index (κ3) is 4.38. The molecule has 2 heterocycles. The average Bonchev–Trinajstić information content (AvgIpc) is 3.10. The lowest BCUT2D eigenvalue weighted by Gasteiger charge is -2.32. The summed E-state index contributed by atoms with van der Waals surface area (Å²) in [4.78, 5) is 29.7. The van der Waals surface area contributed by atoms with E-state index in [1.165, 1.54) is 11.3 Å². The molecule has 1 aromatic heterocycles. The van der Waals surface area contributed by atoms with E-state index in [0.29, 0.717) is 30.2 Å². The van der Waals surface area contributed by atoms with E-state index in [-0.39, 0.29) is 18.2 Å². The lowest BCUT2D eigenvalue weighted by molar-refractivity contribution is -0.137. The molecular weight excluding hydrogens is 360 g/mol. The first-order valence-electron chi connectivity index (χ1n) is 8.26. The van der Waals surface area contributed by atoms with Crippen LogP contribution >= 0.6 is 22.9 Å². The minimum absolute atomic E-state index is 0.0884. The van der Waals surface area contributed by atoms with Crippen LogP contribution < -0.4 is 0 Å². The summed E-state index contributed by atoms with van der Waals surface area (Å²) in [5.41, 5.74) is 1.25. The van der Waals surface area contributed by atoms with Gasteiger partial charge < -0.3 is 10.0 Å². The van der Waals surface area contributed by atoms with Crippen molar-refractivity contribution in [1.29, 1.82) is 0 Å². The lowest BCUT2D eigenvalue weighted by Crippen LogP contribution is -2.40. The molecule has 1 amide bonds. The van der Waals surface area contributed by atoms with Gasteiger partial charge in [-0.1, -0.05) is 29.8 Å². The molecule has 25 heavy (non-hydrogen) atoms. The second kappa shape index (κ2) is 7.97. The number of likely N-dealkylation sites (tertiary alicyclic amines) is 1. The fraction of sp³-hybridized carbons (Fsp3) is 0.389. The smallest absolute Gasteiger partial charge is 0.303 e. The van der Waals surface area contributed by atoms with Crippen LogP contribution in [0, 0.1) is 5.92 Å². The van der Waals surface area contributed by atoms with E-state index in [1.54, 1.807) is 16.3 Å². The summed E-state index contributed by atoms with van der Waals surface area (Å²) in [6.45, 7) is 1.30. The fourth-order valence-corrected chi connectivity index (χ4v) is 4.22. The Morgan fingerprint density at radius 3 is 2.92 bits per heavy atom. The van der Waals surface area contributed by atoms with Gasteiger partial charge in [-0.05, 0) is 31.2 Å². The van der Waals surface area contributed by atoms with Crippen molar-refractivity contribution < 1.29 is 14.7 Å². The average molecular weight is 379 g/mol. The number of rotatable bonds is 5. The Hall–Kier alpha value is -1.92. The molecule has 5 nitrogen and oxygen atoms in total. The highest BCUT2D eigenvalue weighted by Crippen LogP contribution is 2.31. The molecule has 0 bridgehead atoms. The molecular formula is C18H19ClN2O3S. The summed E-state index contributed by atoms with van der Waals surface area (Å²) >= 11 is 7.60. The SMILES string of the molecule is O=C(O)CC[C@@H]1CCCN(C(=O)c2csc(-c3ccccc3Cl)n2)C1. The molecule has 0 saturated carbocycles. The zero-order chi connectivity index (χ0) is 17.8. The van der Waals surface area contributed by atoms with Crippen molar-refractivity contribution in [3.05, 3.63) is 40.4 Å². The molecule has 3 rings (SSSR count). The topological polar surface area (TPSA) is 70.5 Å². The maximum absolute atomic E-state index is 12.7. The fourth-order valence-electron chi connectivity index (χ4n) is 3.11. The number of carboxylic acid groups (broad SMARTS) is 1. The molecule has 0 radical (unpaired) electrons. The van der Waals surface area contributed by atoms with Gasteiger partial charge in [-0.2, -0.15) is 0 Å². The van der Waals surface area contributed by atoms with Crippen LogP contribution in [0.4, 0.5) is 0 Å². The van der Waals surface area contributed by atoms with Crippen molar-refractivity contribution in [3.8, 4) is 10.6 Å². The van der Waals surface area contributed by atoms with E-state index in [2.05, 4.69) is 4.98 Å². The molecule has 1 fully saturated rings. The maximum Gasteiger partial charge on any atom is 0.303 e. The predicted molar refractivity (Wildman–Crippen MR) is 98.1 cm³/mol. The van der Waals surface area contributed by atoms with Gasteiger partial charge in [0.05, 0.1) is 5.02 Å². The second-order valence-electron chi connectivity index (χ2n) is 6.21. The first-order valence-corrected chi connectivity index (χ1v) is 9.52. The Bertz CT molecular complexity index is 777. The van der Waals surface area contributed by atoms with Crippen LogP contribution in [-0.4, -0.2) is 40.0 Å². The van der Waals surface area contributed by atoms with Crippen molar-refractivity contribution in [2.75, 3.05) is 13.1 Å². The minimum atomic E-state index is -0.785. The van der Waals surface area contributed by atoms with Crippen molar-refractivity contribution in [1.82, 2.24) is 9.88 Å². The summed E-state index contributed by atoms with van der Waals surface area (Å²) in [6, 6.07) is 7.44. The third-order valence-corrected chi connectivity index (χ3v) is 5.61. The molecule has 2 aromatic rings. The second-order valence-corrected chi connectivity index (χ2v) is 7.47. The predicted octanol–water partition coefficient (Wildman–Crippen LogP) is 4.18. The van der Waals surface area contributed by atoms with E-state index in [9.17, 15) is 9.59 Å². The zero-order valence-corrected chi connectivity index (χ0v) is 15.2. The van der Waals surface area contributed by atoms with Gasteiger partial charge in [0.25, 0.3) is 5.91 Å². The Labute approximate surface area is 155 Å². The largest absolute Gasteiger partial charge is 0.481 e. The Kier molecular flexibility index (Phi) is 5.71. The van der Waals surface area contributed by atoms with Crippen molar-refractivity contribution in [2.45, 2.75) is 25.7 Å². The van der Waals surface area contributed by atoms with E-state index in [1.807, 2.05) is 18.2 Å². The molecule has 1 aliphatic rings. The molecule has 7 heteroatoms. The van der Waals surface area contributed by atoms with Gasteiger partial charge in [0.15, 0.2) is 0 Å².